The molecular formula is C30H31FN6O2. The van der Waals surface area contributed by atoms with Crippen molar-refractivity contribution in [2.24, 2.45) is 0 Å². The lowest BCUT2D eigenvalue weighted by atomic mass is 10.1. The lowest BCUT2D eigenvalue weighted by molar-refractivity contribution is 0.161. The van der Waals surface area contributed by atoms with E-state index in [1.807, 2.05) is 49.4 Å². The van der Waals surface area contributed by atoms with Crippen LogP contribution < -0.4 is 10.3 Å². The first-order valence-electron chi connectivity index (χ1n) is 12.9. The van der Waals surface area contributed by atoms with Gasteiger partial charge in [0.15, 0.2) is 5.82 Å². The first kappa shape index (κ1) is 26.2. The number of hydrogen-bond acceptors (Lipinski definition) is 6. The van der Waals surface area contributed by atoms with E-state index in [9.17, 15) is 9.18 Å². The largest absolute Gasteiger partial charge is 0.497 e. The third-order valence-corrected chi connectivity index (χ3v) is 6.93. The first-order chi connectivity index (χ1) is 18.9. The lowest BCUT2D eigenvalue weighted by Crippen LogP contribution is -2.32. The standard InChI is InChI=1S/C30H31FN6O2/c1-4-28(29-33-34-35-37(29)18-22-8-12-26(39-3)13-9-22)36(17-21-6-10-25(31)11-7-21)19-24-16-23-15-20(2)5-14-27(23)32-30(24)38/h5-16,28H,4,17-19H2,1-3H3,(H,32,38). The van der Waals surface area contributed by atoms with Gasteiger partial charge in [-0.2, -0.15) is 0 Å². The summed E-state index contributed by atoms with van der Waals surface area (Å²) in [5.41, 5.74) is 4.39. The van der Waals surface area contributed by atoms with Gasteiger partial charge in [0.2, 0.25) is 0 Å². The van der Waals surface area contributed by atoms with Gasteiger partial charge in [-0.1, -0.05) is 42.8 Å². The molecule has 1 unspecified atom stereocenters. The van der Waals surface area contributed by atoms with E-state index >= 15 is 0 Å². The van der Waals surface area contributed by atoms with Crippen molar-refractivity contribution in [3.63, 3.8) is 0 Å². The van der Waals surface area contributed by atoms with Gasteiger partial charge in [-0.3, -0.25) is 9.69 Å². The van der Waals surface area contributed by atoms with Crippen LogP contribution in [0.1, 0.15) is 47.5 Å². The van der Waals surface area contributed by atoms with Crippen molar-refractivity contribution in [3.05, 3.63) is 117 Å². The smallest absolute Gasteiger partial charge is 0.252 e. The van der Waals surface area contributed by atoms with Crippen LogP contribution in [0.3, 0.4) is 0 Å². The Hall–Kier alpha value is -4.37. The number of aromatic nitrogens is 5. The molecule has 2 heterocycles. The molecule has 2 aromatic heterocycles. The van der Waals surface area contributed by atoms with E-state index in [-0.39, 0.29) is 17.4 Å². The highest BCUT2D eigenvalue weighted by Crippen LogP contribution is 2.27. The maximum atomic E-state index is 13.7. The summed E-state index contributed by atoms with van der Waals surface area (Å²) in [4.78, 5) is 18.3. The third-order valence-electron chi connectivity index (χ3n) is 6.93. The van der Waals surface area contributed by atoms with Crippen LogP contribution in [-0.2, 0) is 19.6 Å². The van der Waals surface area contributed by atoms with Gasteiger partial charge in [-0.15, -0.1) is 5.10 Å². The summed E-state index contributed by atoms with van der Waals surface area (Å²) in [6, 6.07) is 21.9. The number of nitrogens with one attached hydrogen (secondary N) is 1. The van der Waals surface area contributed by atoms with Crippen molar-refractivity contribution in [1.82, 2.24) is 30.1 Å². The third kappa shape index (κ3) is 6.04. The summed E-state index contributed by atoms with van der Waals surface area (Å²) in [6.45, 7) is 5.44. The highest BCUT2D eigenvalue weighted by molar-refractivity contribution is 5.79. The van der Waals surface area contributed by atoms with Crippen LogP contribution in [0.5, 0.6) is 5.75 Å². The fraction of sp³-hybridized carbons (Fsp3) is 0.267. The normalized spacial score (nSPS) is 12.2. The number of rotatable bonds is 10. The number of H-pyrrole nitrogens is 1. The van der Waals surface area contributed by atoms with Crippen molar-refractivity contribution >= 4 is 10.9 Å². The number of nitrogens with zero attached hydrogens (tertiary/aromatic N) is 5. The molecule has 0 radical (unpaired) electrons. The molecule has 5 rings (SSSR count). The molecule has 0 amide bonds. The molecule has 8 nitrogen and oxygen atoms in total. The van der Waals surface area contributed by atoms with E-state index in [1.54, 1.807) is 23.9 Å². The fourth-order valence-electron chi connectivity index (χ4n) is 4.88. The average molecular weight is 527 g/mol. The molecule has 200 valence electrons. The average Bonchev–Trinajstić information content (AvgIpc) is 3.39. The van der Waals surface area contributed by atoms with E-state index in [2.05, 4.69) is 38.4 Å². The van der Waals surface area contributed by atoms with Crippen LogP contribution >= 0.6 is 0 Å². The number of methoxy groups -OCH3 is 1. The van der Waals surface area contributed by atoms with Crippen LogP contribution in [0.15, 0.2) is 77.6 Å². The number of aryl methyl sites for hydroxylation is 1. The van der Waals surface area contributed by atoms with Crippen LogP contribution in [-0.4, -0.2) is 37.2 Å². The molecule has 3 aromatic carbocycles. The Bertz CT molecular complexity index is 1610. The monoisotopic (exact) mass is 526 g/mol. The van der Waals surface area contributed by atoms with Gasteiger partial charge in [-0.05, 0) is 82.7 Å². The summed E-state index contributed by atoms with van der Waals surface area (Å²) < 4.78 is 20.7. The number of pyridine rings is 1. The van der Waals surface area contributed by atoms with Crippen molar-refractivity contribution in [2.45, 2.75) is 45.9 Å². The molecule has 0 fully saturated rings. The van der Waals surface area contributed by atoms with Crippen LogP contribution in [0, 0.1) is 12.7 Å². The molecule has 5 aromatic rings. The molecule has 1 atom stereocenters. The second-order valence-corrected chi connectivity index (χ2v) is 9.71. The van der Waals surface area contributed by atoms with Gasteiger partial charge in [0.25, 0.3) is 5.56 Å². The minimum Gasteiger partial charge on any atom is -0.497 e. The first-order valence-corrected chi connectivity index (χ1v) is 12.9. The minimum atomic E-state index is -0.290. The van der Waals surface area contributed by atoms with Crippen molar-refractivity contribution in [3.8, 4) is 5.75 Å². The topological polar surface area (TPSA) is 88.9 Å². The Morgan fingerprint density at radius 1 is 1.00 bits per heavy atom. The Morgan fingerprint density at radius 2 is 1.74 bits per heavy atom. The molecule has 0 aliphatic rings. The maximum Gasteiger partial charge on any atom is 0.252 e. The summed E-state index contributed by atoms with van der Waals surface area (Å²) in [6.07, 6.45) is 0.703. The summed E-state index contributed by atoms with van der Waals surface area (Å²) in [5, 5.41) is 13.7. The summed E-state index contributed by atoms with van der Waals surface area (Å²) in [5.74, 6) is 1.19. The Labute approximate surface area is 226 Å². The van der Waals surface area contributed by atoms with Crippen molar-refractivity contribution < 1.29 is 9.13 Å². The minimum absolute atomic E-state index is 0.136. The fourth-order valence-corrected chi connectivity index (χ4v) is 4.88. The van der Waals surface area contributed by atoms with E-state index in [1.165, 1.54) is 12.1 Å². The zero-order valence-corrected chi connectivity index (χ0v) is 22.3. The molecule has 0 saturated heterocycles. The van der Waals surface area contributed by atoms with Gasteiger partial charge in [0.1, 0.15) is 11.6 Å². The predicted molar refractivity (Wildman–Crippen MR) is 148 cm³/mol. The molecule has 9 heteroatoms. The van der Waals surface area contributed by atoms with Gasteiger partial charge in [0, 0.05) is 24.2 Å². The quantitative estimate of drug-likeness (QED) is 0.270. The zero-order valence-electron chi connectivity index (χ0n) is 22.3. The highest BCUT2D eigenvalue weighted by Gasteiger charge is 2.26. The molecule has 0 aliphatic heterocycles. The molecule has 1 N–H and O–H groups in total. The molecular weight excluding hydrogens is 495 g/mol. The number of hydrogen-bond donors (Lipinski definition) is 1. The summed E-state index contributed by atoms with van der Waals surface area (Å²) in [7, 11) is 1.64. The van der Waals surface area contributed by atoms with Gasteiger partial charge in [0.05, 0.1) is 19.7 Å². The second kappa shape index (κ2) is 11.6. The lowest BCUT2D eigenvalue weighted by Gasteiger charge is -2.30. The number of benzene rings is 3. The van der Waals surface area contributed by atoms with E-state index in [0.29, 0.717) is 37.4 Å². The number of halogens is 1. The maximum absolute atomic E-state index is 13.7. The SMILES string of the molecule is CCC(c1nnnn1Cc1ccc(OC)cc1)N(Cc1ccc(F)cc1)Cc1cc2cc(C)ccc2[nH]c1=O. The Morgan fingerprint density at radius 3 is 2.46 bits per heavy atom. The highest BCUT2D eigenvalue weighted by atomic mass is 19.1. The van der Waals surface area contributed by atoms with Crippen LogP contribution in [0.4, 0.5) is 4.39 Å². The van der Waals surface area contributed by atoms with E-state index in [0.717, 1.165) is 33.3 Å². The number of tetrazole rings is 1. The molecule has 0 spiro atoms. The molecule has 0 saturated carbocycles. The molecule has 0 aliphatic carbocycles. The zero-order chi connectivity index (χ0) is 27.4. The molecule has 0 bridgehead atoms. The predicted octanol–water partition coefficient (Wildman–Crippen LogP) is 5.17. The second-order valence-electron chi connectivity index (χ2n) is 9.71. The van der Waals surface area contributed by atoms with Crippen molar-refractivity contribution in [2.75, 3.05) is 7.11 Å². The number of aromatic amines is 1. The van der Waals surface area contributed by atoms with E-state index in [4.69, 9.17) is 4.74 Å². The van der Waals surface area contributed by atoms with Gasteiger partial charge < -0.3 is 9.72 Å². The number of fused-ring (bicyclic) bond motifs is 1. The van der Waals surface area contributed by atoms with Gasteiger partial charge in [-0.25, -0.2) is 9.07 Å². The van der Waals surface area contributed by atoms with Gasteiger partial charge >= 0.3 is 0 Å². The van der Waals surface area contributed by atoms with E-state index < -0.39 is 0 Å². The Balaban J connectivity index is 1.50. The summed E-state index contributed by atoms with van der Waals surface area (Å²) >= 11 is 0. The van der Waals surface area contributed by atoms with Crippen molar-refractivity contribution in [1.29, 1.82) is 0 Å². The number of ether oxygens (including phenoxy) is 1. The molecule has 39 heavy (non-hydrogen) atoms. The Kier molecular flexibility index (Phi) is 7.79. The van der Waals surface area contributed by atoms with Crippen LogP contribution in [0.2, 0.25) is 0 Å². The van der Waals surface area contributed by atoms with Crippen LogP contribution in [0.25, 0.3) is 10.9 Å².